The summed E-state index contributed by atoms with van der Waals surface area (Å²) in [7, 11) is 0. The number of hydrogen-bond donors (Lipinski definition) is 0. The van der Waals surface area contributed by atoms with Gasteiger partial charge in [0.15, 0.2) is 6.10 Å². The normalized spacial score (nSPS) is 12.0. The summed E-state index contributed by atoms with van der Waals surface area (Å²) in [5.41, 5.74) is 0. The van der Waals surface area contributed by atoms with E-state index in [0.717, 1.165) is 63.7 Å². The molecule has 6 heteroatoms. The van der Waals surface area contributed by atoms with Crippen LogP contribution in [-0.4, -0.2) is 37.2 Å². The minimum Gasteiger partial charge on any atom is -0.462 e. The van der Waals surface area contributed by atoms with E-state index in [1.807, 2.05) is 0 Å². The molecule has 0 amide bonds. The molecule has 1 atom stereocenters. The monoisotopic (exact) mass is 933 g/mol. The minimum absolute atomic E-state index is 0.0615. The van der Waals surface area contributed by atoms with Gasteiger partial charge in [-0.2, -0.15) is 0 Å². The molecule has 0 heterocycles. The average Bonchev–Trinajstić information content (AvgIpc) is 3.30. The fourth-order valence-corrected chi connectivity index (χ4v) is 9.28. The van der Waals surface area contributed by atoms with Crippen molar-refractivity contribution in [2.24, 2.45) is 5.92 Å². The van der Waals surface area contributed by atoms with E-state index in [1.165, 1.54) is 238 Å². The molecule has 0 aromatic rings. The quantitative estimate of drug-likeness (QED) is 0.0343. The van der Waals surface area contributed by atoms with E-state index >= 15 is 0 Å². The van der Waals surface area contributed by atoms with E-state index in [-0.39, 0.29) is 31.1 Å². The third-order valence-corrected chi connectivity index (χ3v) is 13.8. The van der Waals surface area contributed by atoms with Gasteiger partial charge in [0, 0.05) is 19.3 Å². The third-order valence-electron chi connectivity index (χ3n) is 13.8. The highest BCUT2D eigenvalue weighted by atomic mass is 16.6. The minimum atomic E-state index is -0.762. The van der Waals surface area contributed by atoms with Gasteiger partial charge in [-0.1, -0.05) is 304 Å². The van der Waals surface area contributed by atoms with E-state index in [2.05, 4.69) is 27.7 Å². The largest absolute Gasteiger partial charge is 0.462 e. The Balaban J connectivity index is 4.26. The first-order valence-electron chi connectivity index (χ1n) is 29.9. The topological polar surface area (TPSA) is 78.9 Å². The molecule has 0 N–H and O–H groups in total. The van der Waals surface area contributed by atoms with E-state index in [0.29, 0.717) is 19.3 Å². The van der Waals surface area contributed by atoms with E-state index in [1.54, 1.807) is 0 Å². The predicted octanol–water partition coefficient (Wildman–Crippen LogP) is 19.8. The van der Waals surface area contributed by atoms with Crippen LogP contribution in [0.25, 0.3) is 0 Å². The lowest BCUT2D eigenvalue weighted by molar-refractivity contribution is -0.167. The van der Waals surface area contributed by atoms with Crippen LogP contribution in [0.2, 0.25) is 0 Å². The number of carbonyl (C=O) groups is 3. The summed E-state index contributed by atoms with van der Waals surface area (Å²) in [6.45, 7) is 9.08. The molecule has 0 aromatic heterocycles. The summed E-state index contributed by atoms with van der Waals surface area (Å²) in [4.78, 5) is 38.2. The second kappa shape index (κ2) is 54.4. The lowest BCUT2D eigenvalue weighted by atomic mass is 10.0. The van der Waals surface area contributed by atoms with Crippen molar-refractivity contribution in [1.82, 2.24) is 0 Å². The van der Waals surface area contributed by atoms with Crippen LogP contribution < -0.4 is 0 Å². The van der Waals surface area contributed by atoms with E-state index < -0.39 is 6.10 Å². The zero-order chi connectivity index (χ0) is 48.1. The molecule has 0 saturated heterocycles. The molecule has 0 aromatic carbocycles. The maximum atomic E-state index is 12.8. The zero-order valence-corrected chi connectivity index (χ0v) is 45.2. The molecule has 0 rings (SSSR count). The fraction of sp³-hybridized carbons (Fsp3) is 0.950. The predicted molar refractivity (Wildman–Crippen MR) is 284 cm³/mol. The van der Waals surface area contributed by atoms with Crippen LogP contribution >= 0.6 is 0 Å². The van der Waals surface area contributed by atoms with E-state index in [4.69, 9.17) is 14.2 Å². The Bertz CT molecular complexity index is 996. The van der Waals surface area contributed by atoms with Gasteiger partial charge < -0.3 is 14.2 Å². The molecular weight excluding hydrogens is 817 g/mol. The maximum Gasteiger partial charge on any atom is 0.306 e. The van der Waals surface area contributed by atoms with Crippen molar-refractivity contribution in [2.75, 3.05) is 13.2 Å². The summed E-state index contributed by atoms with van der Waals surface area (Å²) in [5, 5.41) is 0. The number of unbranched alkanes of at least 4 members (excludes halogenated alkanes) is 42. The molecule has 0 aliphatic rings. The SMILES string of the molecule is CCCCCCCCCCCCCCCCCCC(=O)OC[C@H](COC(=O)CCCCCCCCCCCCCCCCCCC(C)C)OC(=O)CCCCCCCCCCCCCCC. The van der Waals surface area contributed by atoms with Crippen LogP contribution in [0, 0.1) is 5.92 Å². The van der Waals surface area contributed by atoms with Crippen molar-refractivity contribution in [3.05, 3.63) is 0 Å². The highest BCUT2D eigenvalue weighted by molar-refractivity contribution is 5.71. The highest BCUT2D eigenvalue weighted by Gasteiger charge is 2.19. The molecule has 0 radical (unpaired) electrons. The summed E-state index contributed by atoms with van der Waals surface area (Å²) in [6.07, 6.45) is 59.5. The van der Waals surface area contributed by atoms with Crippen molar-refractivity contribution in [2.45, 2.75) is 348 Å². The van der Waals surface area contributed by atoms with Crippen molar-refractivity contribution in [3.8, 4) is 0 Å². The lowest BCUT2D eigenvalue weighted by Gasteiger charge is -2.18. The molecule has 0 bridgehead atoms. The van der Waals surface area contributed by atoms with Gasteiger partial charge in [0.05, 0.1) is 0 Å². The van der Waals surface area contributed by atoms with Gasteiger partial charge in [-0.25, -0.2) is 0 Å². The number of rotatable bonds is 55. The van der Waals surface area contributed by atoms with Crippen molar-refractivity contribution < 1.29 is 28.6 Å². The van der Waals surface area contributed by atoms with Gasteiger partial charge in [0.2, 0.25) is 0 Å². The second-order valence-corrected chi connectivity index (χ2v) is 21.1. The molecular formula is C60H116O6. The van der Waals surface area contributed by atoms with Gasteiger partial charge in [0.25, 0.3) is 0 Å². The van der Waals surface area contributed by atoms with Crippen molar-refractivity contribution >= 4 is 17.9 Å². The molecule has 0 unspecified atom stereocenters. The third kappa shape index (κ3) is 53.4. The number of carbonyl (C=O) groups excluding carboxylic acids is 3. The van der Waals surface area contributed by atoms with Crippen molar-refractivity contribution in [1.29, 1.82) is 0 Å². The van der Waals surface area contributed by atoms with Crippen LogP contribution in [0.1, 0.15) is 342 Å². The van der Waals surface area contributed by atoms with Crippen molar-refractivity contribution in [3.63, 3.8) is 0 Å². The summed E-state index contributed by atoms with van der Waals surface area (Å²) >= 11 is 0. The summed E-state index contributed by atoms with van der Waals surface area (Å²) in [5.74, 6) is 0.0206. The average molecular weight is 934 g/mol. The van der Waals surface area contributed by atoms with Crippen LogP contribution in [0.5, 0.6) is 0 Å². The zero-order valence-electron chi connectivity index (χ0n) is 45.2. The van der Waals surface area contributed by atoms with E-state index in [9.17, 15) is 14.4 Å². The molecule has 392 valence electrons. The Kier molecular flexibility index (Phi) is 53.0. The van der Waals surface area contributed by atoms with Gasteiger partial charge in [-0.15, -0.1) is 0 Å². The number of esters is 3. The molecule has 66 heavy (non-hydrogen) atoms. The Morgan fingerprint density at radius 3 is 0.742 bits per heavy atom. The Labute approximate surface area is 412 Å². The van der Waals surface area contributed by atoms with Crippen LogP contribution in [0.4, 0.5) is 0 Å². The second-order valence-electron chi connectivity index (χ2n) is 21.1. The standard InChI is InChI=1S/C60H116O6/c1-5-7-9-11-13-15-17-19-20-24-28-31-35-39-43-47-51-58(61)64-54-57(66-60(63)53-49-45-41-37-33-26-18-16-14-12-10-8-6-2)55-65-59(62)52-48-44-40-36-32-29-25-22-21-23-27-30-34-38-42-46-50-56(3)4/h56-57H,5-55H2,1-4H3/t57-/m1/s1. The van der Waals surface area contributed by atoms with Crippen LogP contribution in [0.3, 0.4) is 0 Å². The van der Waals surface area contributed by atoms with Gasteiger partial charge in [-0.3, -0.25) is 14.4 Å². The Morgan fingerprint density at radius 2 is 0.500 bits per heavy atom. The van der Waals surface area contributed by atoms with Gasteiger partial charge in [-0.05, 0) is 25.2 Å². The first-order chi connectivity index (χ1) is 32.4. The smallest absolute Gasteiger partial charge is 0.306 e. The Morgan fingerprint density at radius 1 is 0.288 bits per heavy atom. The molecule has 0 fully saturated rings. The van der Waals surface area contributed by atoms with Gasteiger partial charge >= 0.3 is 17.9 Å². The summed E-state index contributed by atoms with van der Waals surface area (Å²) < 4.78 is 16.9. The number of ether oxygens (including phenoxy) is 3. The fourth-order valence-electron chi connectivity index (χ4n) is 9.28. The summed E-state index contributed by atoms with van der Waals surface area (Å²) in [6, 6.07) is 0. The molecule has 6 nitrogen and oxygen atoms in total. The molecule has 0 spiro atoms. The van der Waals surface area contributed by atoms with Gasteiger partial charge in [0.1, 0.15) is 13.2 Å². The van der Waals surface area contributed by atoms with Crippen LogP contribution in [-0.2, 0) is 28.6 Å². The molecule has 0 aliphatic heterocycles. The molecule has 0 aliphatic carbocycles. The van der Waals surface area contributed by atoms with Crippen LogP contribution in [0.15, 0.2) is 0 Å². The molecule has 0 saturated carbocycles. The first kappa shape index (κ1) is 64.4. The Hall–Kier alpha value is -1.59. The lowest BCUT2D eigenvalue weighted by Crippen LogP contribution is -2.30. The maximum absolute atomic E-state index is 12.8. The number of hydrogen-bond acceptors (Lipinski definition) is 6. The highest BCUT2D eigenvalue weighted by Crippen LogP contribution is 2.18. The first-order valence-corrected chi connectivity index (χ1v) is 29.9.